The zero-order chi connectivity index (χ0) is 19.4. The summed E-state index contributed by atoms with van der Waals surface area (Å²) >= 11 is 0. The number of ether oxygens (including phenoxy) is 3. The van der Waals surface area contributed by atoms with Gasteiger partial charge in [-0.1, -0.05) is 45.0 Å². The van der Waals surface area contributed by atoms with Crippen LogP contribution < -0.4 is 14.8 Å². The van der Waals surface area contributed by atoms with Gasteiger partial charge in [-0.05, 0) is 34.7 Å². The van der Waals surface area contributed by atoms with Crippen molar-refractivity contribution in [2.24, 2.45) is 0 Å². The third-order valence-electron chi connectivity index (χ3n) is 4.25. The van der Waals surface area contributed by atoms with Crippen molar-refractivity contribution in [3.05, 3.63) is 59.2 Å². The minimum absolute atomic E-state index is 0.0776. The Kier molecular flexibility index (Phi) is 5.35. The van der Waals surface area contributed by atoms with Crippen molar-refractivity contribution in [3.8, 4) is 11.5 Å². The zero-order valence-electron chi connectivity index (χ0n) is 15.7. The Balaban J connectivity index is 1.46. The number of hydrogen-bond donors (Lipinski definition) is 1. The molecule has 0 aliphatic carbocycles. The minimum atomic E-state index is -0.496. The standard InChI is InChI=1S/C21H23NO5/c1-21(2,3)16-7-4-14(5-8-16)12-25-19(23)11-22-20(24)15-6-9-17-18(10-15)27-13-26-17/h4-10H,11-13H2,1-3H3,(H,22,24). The molecule has 1 aliphatic heterocycles. The average molecular weight is 369 g/mol. The summed E-state index contributed by atoms with van der Waals surface area (Å²) in [7, 11) is 0. The van der Waals surface area contributed by atoms with Crippen LogP contribution in [-0.2, 0) is 21.6 Å². The first-order valence-corrected chi connectivity index (χ1v) is 8.76. The van der Waals surface area contributed by atoms with E-state index in [9.17, 15) is 9.59 Å². The van der Waals surface area contributed by atoms with E-state index in [4.69, 9.17) is 14.2 Å². The van der Waals surface area contributed by atoms with Crippen LogP contribution in [0, 0.1) is 0 Å². The van der Waals surface area contributed by atoms with Gasteiger partial charge in [0.15, 0.2) is 11.5 Å². The highest BCUT2D eigenvalue weighted by molar-refractivity contribution is 5.96. The molecule has 0 unspecified atom stereocenters. The number of esters is 1. The van der Waals surface area contributed by atoms with E-state index in [0.29, 0.717) is 17.1 Å². The van der Waals surface area contributed by atoms with Gasteiger partial charge in [0.25, 0.3) is 5.91 Å². The Hall–Kier alpha value is -3.02. The number of rotatable bonds is 5. The molecule has 27 heavy (non-hydrogen) atoms. The van der Waals surface area contributed by atoms with Crippen LogP contribution in [0.25, 0.3) is 0 Å². The molecule has 3 rings (SSSR count). The van der Waals surface area contributed by atoms with Crippen molar-refractivity contribution in [2.75, 3.05) is 13.3 Å². The molecule has 1 N–H and O–H groups in total. The van der Waals surface area contributed by atoms with E-state index in [2.05, 4.69) is 26.1 Å². The lowest BCUT2D eigenvalue weighted by Gasteiger charge is -2.19. The maximum atomic E-state index is 12.1. The number of carbonyl (C=O) groups excluding carboxylic acids is 2. The van der Waals surface area contributed by atoms with Gasteiger partial charge < -0.3 is 19.5 Å². The fourth-order valence-electron chi connectivity index (χ4n) is 2.61. The summed E-state index contributed by atoms with van der Waals surface area (Å²) in [5, 5.41) is 2.55. The lowest BCUT2D eigenvalue weighted by atomic mass is 9.87. The van der Waals surface area contributed by atoms with Crippen LogP contribution in [0.4, 0.5) is 0 Å². The van der Waals surface area contributed by atoms with Crippen molar-refractivity contribution in [1.29, 1.82) is 0 Å². The van der Waals surface area contributed by atoms with Crippen LogP contribution in [0.2, 0.25) is 0 Å². The van der Waals surface area contributed by atoms with Gasteiger partial charge in [0.2, 0.25) is 6.79 Å². The average Bonchev–Trinajstić information content (AvgIpc) is 3.11. The van der Waals surface area contributed by atoms with Gasteiger partial charge in [0.05, 0.1) is 0 Å². The summed E-state index contributed by atoms with van der Waals surface area (Å²) in [5.41, 5.74) is 2.59. The lowest BCUT2D eigenvalue weighted by Crippen LogP contribution is -2.30. The Morgan fingerprint density at radius 2 is 1.74 bits per heavy atom. The fraction of sp³-hybridized carbons (Fsp3) is 0.333. The fourth-order valence-corrected chi connectivity index (χ4v) is 2.61. The maximum absolute atomic E-state index is 12.1. The molecule has 1 heterocycles. The molecule has 6 nitrogen and oxygen atoms in total. The molecule has 0 bridgehead atoms. The predicted molar refractivity (Wildman–Crippen MR) is 99.8 cm³/mol. The second-order valence-electron chi connectivity index (χ2n) is 7.36. The number of nitrogens with one attached hydrogen (secondary N) is 1. The maximum Gasteiger partial charge on any atom is 0.325 e. The van der Waals surface area contributed by atoms with Crippen LogP contribution in [0.5, 0.6) is 11.5 Å². The van der Waals surface area contributed by atoms with E-state index in [1.54, 1.807) is 18.2 Å². The smallest absolute Gasteiger partial charge is 0.325 e. The molecule has 0 saturated carbocycles. The van der Waals surface area contributed by atoms with Crippen molar-refractivity contribution in [2.45, 2.75) is 32.8 Å². The summed E-state index contributed by atoms with van der Waals surface area (Å²) in [4.78, 5) is 24.0. The molecular weight excluding hydrogens is 346 g/mol. The molecule has 2 aromatic rings. The monoisotopic (exact) mass is 369 g/mol. The van der Waals surface area contributed by atoms with E-state index >= 15 is 0 Å². The van der Waals surface area contributed by atoms with Gasteiger partial charge in [-0.3, -0.25) is 9.59 Å². The number of amides is 1. The van der Waals surface area contributed by atoms with Crippen LogP contribution in [0.3, 0.4) is 0 Å². The molecule has 0 fully saturated rings. The number of fused-ring (bicyclic) bond motifs is 1. The number of benzene rings is 2. The summed E-state index contributed by atoms with van der Waals surface area (Å²) in [6.07, 6.45) is 0. The molecule has 1 aliphatic rings. The van der Waals surface area contributed by atoms with Crippen molar-refractivity contribution < 1.29 is 23.8 Å². The third-order valence-corrected chi connectivity index (χ3v) is 4.25. The summed E-state index contributed by atoms with van der Waals surface area (Å²) in [6, 6.07) is 12.8. The van der Waals surface area contributed by atoms with Crippen LogP contribution in [0.1, 0.15) is 42.3 Å². The molecular formula is C21H23NO5. The normalized spacial score (nSPS) is 12.6. The first kappa shape index (κ1) is 18.8. The summed E-state index contributed by atoms with van der Waals surface area (Å²) in [5.74, 6) is 0.246. The van der Waals surface area contributed by atoms with Crippen molar-refractivity contribution >= 4 is 11.9 Å². The van der Waals surface area contributed by atoms with Crippen molar-refractivity contribution in [1.82, 2.24) is 5.32 Å². The van der Waals surface area contributed by atoms with Gasteiger partial charge >= 0.3 is 5.97 Å². The molecule has 0 saturated heterocycles. The summed E-state index contributed by atoms with van der Waals surface area (Å²) < 4.78 is 15.7. The van der Waals surface area contributed by atoms with Crippen LogP contribution in [-0.4, -0.2) is 25.2 Å². The van der Waals surface area contributed by atoms with Crippen molar-refractivity contribution in [3.63, 3.8) is 0 Å². The largest absolute Gasteiger partial charge is 0.460 e. The van der Waals surface area contributed by atoms with Crippen LogP contribution >= 0.6 is 0 Å². The second-order valence-corrected chi connectivity index (χ2v) is 7.36. The SMILES string of the molecule is CC(C)(C)c1ccc(COC(=O)CNC(=O)c2ccc3c(c2)OCO3)cc1. The van der Waals surface area contributed by atoms with Gasteiger partial charge in [0.1, 0.15) is 13.2 Å². The first-order chi connectivity index (χ1) is 12.8. The molecule has 6 heteroatoms. The third kappa shape index (κ3) is 4.78. The quantitative estimate of drug-likeness (QED) is 0.820. The number of hydrogen-bond acceptors (Lipinski definition) is 5. The van der Waals surface area contributed by atoms with E-state index in [0.717, 1.165) is 5.56 Å². The molecule has 0 radical (unpaired) electrons. The highest BCUT2D eigenvalue weighted by Gasteiger charge is 2.17. The van der Waals surface area contributed by atoms with Crippen LogP contribution in [0.15, 0.2) is 42.5 Å². The van der Waals surface area contributed by atoms with E-state index in [1.165, 1.54) is 5.56 Å². The van der Waals surface area contributed by atoms with Gasteiger partial charge in [-0.25, -0.2) is 0 Å². The van der Waals surface area contributed by atoms with Gasteiger partial charge in [0, 0.05) is 5.56 Å². The first-order valence-electron chi connectivity index (χ1n) is 8.76. The Morgan fingerprint density at radius 1 is 1.04 bits per heavy atom. The van der Waals surface area contributed by atoms with E-state index in [1.807, 2.05) is 24.3 Å². The zero-order valence-corrected chi connectivity index (χ0v) is 15.7. The van der Waals surface area contributed by atoms with E-state index < -0.39 is 5.97 Å². The topological polar surface area (TPSA) is 73.9 Å². The summed E-state index contributed by atoms with van der Waals surface area (Å²) in [6.45, 7) is 6.54. The highest BCUT2D eigenvalue weighted by atomic mass is 16.7. The van der Waals surface area contributed by atoms with Gasteiger partial charge in [-0.2, -0.15) is 0 Å². The minimum Gasteiger partial charge on any atom is -0.460 e. The molecule has 0 spiro atoms. The second kappa shape index (κ2) is 7.70. The Bertz CT molecular complexity index is 837. The Morgan fingerprint density at radius 3 is 2.44 bits per heavy atom. The Labute approximate surface area is 158 Å². The lowest BCUT2D eigenvalue weighted by molar-refractivity contribution is -0.143. The van der Waals surface area contributed by atoms with E-state index in [-0.39, 0.29) is 31.3 Å². The molecule has 1 amide bonds. The number of carbonyl (C=O) groups is 2. The highest BCUT2D eigenvalue weighted by Crippen LogP contribution is 2.32. The molecule has 142 valence electrons. The molecule has 0 atom stereocenters. The molecule has 2 aromatic carbocycles. The van der Waals surface area contributed by atoms with Gasteiger partial charge in [-0.15, -0.1) is 0 Å². The predicted octanol–water partition coefficient (Wildman–Crippen LogP) is 3.19. The molecule has 0 aromatic heterocycles.